The van der Waals surface area contributed by atoms with E-state index in [9.17, 15) is 13.2 Å². The van der Waals surface area contributed by atoms with Crippen LogP contribution < -0.4 is 9.54 Å². The van der Waals surface area contributed by atoms with Crippen molar-refractivity contribution in [1.82, 2.24) is 4.57 Å². The second-order valence-electron chi connectivity index (χ2n) is 4.49. The van der Waals surface area contributed by atoms with Gasteiger partial charge in [0.1, 0.15) is 5.75 Å². The van der Waals surface area contributed by atoms with Gasteiger partial charge in [-0.15, -0.1) is 13.2 Å². The molecule has 0 saturated heterocycles. The first kappa shape index (κ1) is 12.5. The molecule has 2 heterocycles. The Bertz CT molecular complexity index is 687. The number of nitrogens with zero attached hydrogens (tertiary/aromatic N) is 1. The van der Waals surface area contributed by atoms with Crippen molar-refractivity contribution >= 4 is 21.6 Å². The third kappa shape index (κ3) is 2.34. The first-order chi connectivity index (χ1) is 8.94. The molecule has 0 saturated carbocycles. The lowest BCUT2D eigenvalue weighted by Gasteiger charge is -2.11. The zero-order chi connectivity index (χ0) is 13.6. The van der Waals surface area contributed by atoms with Gasteiger partial charge in [-0.3, -0.25) is 5.41 Å². The molecule has 0 radical (unpaired) electrons. The smallest absolute Gasteiger partial charge is 0.406 e. The van der Waals surface area contributed by atoms with Crippen molar-refractivity contribution in [3.05, 3.63) is 22.5 Å². The number of nitrogens with one attached hydrogen (secondary N) is 1. The molecule has 102 valence electrons. The van der Waals surface area contributed by atoms with E-state index in [1.807, 2.05) is 4.57 Å². The summed E-state index contributed by atoms with van der Waals surface area (Å²) in [5.74, 6) is -0.190. The maximum atomic E-state index is 12.3. The first-order valence-electron chi connectivity index (χ1n) is 5.91. The number of aromatic nitrogens is 1. The van der Waals surface area contributed by atoms with Crippen molar-refractivity contribution in [3.63, 3.8) is 0 Å². The Hall–Kier alpha value is -1.50. The van der Waals surface area contributed by atoms with Crippen molar-refractivity contribution in [2.45, 2.75) is 32.2 Å². The summed E-state index contributed by atoms with van der Waals surface area (Å²) in [5.41, 5.74) is 1.73. The molecular formula is C12H11F3N2OS. The normalized spacial score (nSPS) is 15.5. The molecule has 2 aromatic rings. The van der Waals surface area contributed by atoms with Gasteiger partial charge in [0.2, 0.25) is 0 Å². The van der Waals surface area contributed by atoms with Crippen LogP contribution in [0.4, 0.5) is 13.2 Å². The van der Waals surface area contributed by atoms with Crippen LogP contribution >= 0.6 is 11.3 Å². The summed E-state index contributed by atoms with van der Waals surface area (Å²) < 4.78 is 43.4. The van der Waals surface area contributed by atoms with E-state index < -0.39 is 6.36 Å². The van der Waals surface area contributed by atoms with Gasteiger partial charge >= 0.3 is 6.36 Å². The van der Waals surface area contributed by atoms with Gasteiger partial charge in [-0.05, 0) is 37.0 Å². The maximum Gasteiger partial charge on any atom is 0.573 e. The fourth-order valence-corrected chi connectivity index (χ4v) is 3.48. The lowest BCUT2D eigenvalue weighted by molar-refractivity contribution is -0.274. The molecule has 0 unspecified atom stereocenters. The number of rotatable bonds is 1. The zero-order valence-corrected chi connectivity index (χ0v) is 10.7. The van der Waals surface area contributed by atoms with E-state index in [4.69, 9.17) is 5.41 Å². The summed E-state index contributed by atoms with van der Waals surface area (Å²) in [5, 5.41) is 7.90. The van der Waals surface area contributed by atoms with Crippen molar-refractivity contribution in [1.29, 1.82) is 5.41 Å². The van der Waals surface area contributed by atoms with E-state index in [2.05, 4.69) is 4.74 Å². The summed E-state index contributed by atoms with van der Waals surface area (Å²) in [6.07, 6.45) is -2.10. The summed E-state index contributed by atoms with van der Waals surface area (Å²) in [6.45, 7) is 0.755. The molecular weight excluding hydrogens is 277 g/mol. The summed E-state index contributed by atoms with van der Waals surface area (Å²) in [6, 6.07) is 2.82. The molecule has 1 aromatic carbocycles. The van der Waals surface area contributed by atoms with Gasteiger partial charge in [-0.1, -0.05) is 11.3 Å². The third-order valence-corrected chi connectivity index (χ3v) is 4.11. The minimum absolute atomic E-state index is 0.190. The van der Waals surface area contributed by atoms with E-state index >= 15 is 0 Å². The van der Waals surface area contributed by atoms with Gasteiger partial charge in [0, 0.05) is 6.54 Å². The quantitative estimate of drug-likeness (QED) is 0.858. The largest absolute Gasteiger partial charge is 0.573 e. The number of halogens is 3. The van der Waals surface area contributed by atoms with Gasteiger partial charge in [-0.2, -0.15) is 0 Å². The van der Waals surface area contributed by atoms with Crippen LogP contribution in [-0.2, 0) is 13.0 Å². The second-order valence-corrected chi connectivity index (χ2v) is 5.52. The topological polar surface area (TPSA) is 38.0 Å². The Balaban J connectivity index is 2.19. The van der Waals surface area contributed by atoms with Gasteiger partial charge in [0.25, 0.3) is 0 Å². The lowest BCUT2D eigenvalue weighted by atomic mass is 10.1. The molecule has 0 atom stereocenters. The van der Waals surface area contributed by atoms with Crippen LogP contribution in [0.25, 0.3) is 10.2 Å². The number of hydrogen-bond donors (Lipinski definition) is 1. The average Bonchev–Trinajstić information content (AvgIpc) is 2.47. The van der Waals surface area contributed by atoms with Gasteiger partial charge < -0.3 is 9.30 Å². The number of benzene rings is 1. The number of thiazole rings is 1. The van der Waals surface area contributed by atoms with Crippen molar-refractivity contribution < 1.29 is 17.9 Å². The summed E-state index contributed by atoms with van der Waals surface area (Å²) in [7, 11) is 0. The Morgan fingerprint density at radius 2 is 2.05 bits per heavy atom. The predicted molar refractivity (Wildman–Crippen MR) is 65.3 cm³/mol. The highest BCUT2D eigenvalue weighted by Crippen LogP contribution is 2.33. The molecule has 0 spiro atoms. The monoisotopic (exact) mass is 288 g/mol. The molecule has 1 aromatic heterocycles. The standard InChI is InChI=1S/C12H11F3N2OS/c13-12(14,15)18-8-5-7-3-1-2-4-17-10(7)9(6-8)19-11(17)16/h5-6,16H,1-4H2. The van der Waals surface area contributed by atoms with Crippen LogP contribution in [0.5, 0.6) is 5.75 Å². The molecule has 19 heavy (non-hydrogen) atoms. The first-order valence-corrected chi connectivity index (χ1v) is 6.72. The number of alkyl halides is 3. The molecule has 1 aliphatic heterocycles. The Labute approximate surface area is 110 Å². The Kier molecular flexibility index (Phi) is 2.81. The maximum absolute atomic E-state index is 12.3. The van der Waals surface area contributed by atoms with Gasteiger partial charge in [-0.25, -0.2) is 0 Å². The van der Waals surface area contributed by atoms with Gasteiger partial charge in [0.05, 0.1) is 10.2 Å². The number of aryl methyl sites for hydroxylation is 2. The Morgan fingerprint density at radius 1 is 1.26 bits per heavy atom. The predicted octanol–water partition coefficient (Wildman–Crippen LogP) is 3.42. The van der Waals surface area contributed by atoms with E-state index in [0.29, 0.717) is 9.50 Å². The van der Waals surface area contributed by atoms with Crippen molar-refractivity contribution in [2.75, 3.05) is 0 Å². The molecule has 3 rings (SSSR count). The lowest BCUT2D eigenvalue weighted by Crippen LogP contribution is -2.17. The van der Waals surface area contributed by atoms with Crippen molar-refractivity contribution in [3.8, 4) is 5.75 Å². The van der Waals surface area contributed by atoms with E-state index in [1.54, 1.807) is 0 Å². The van der Waals surface area contributed by atoms with E-state index in [1.165, 1.54) is 23.5 Å². The van der Waals surface area contributed by atoms with E-state index in [0.717, 1.165) is 36.9 Å². The van der Waals surface area contributed by atoms with Gasteiger partial charge in [0.15, 0.2) is 4.80 Å². The number of ether oxygens (including phenoxy) is 1. The fourth-order valence-electron chi connectivity index (χ4n) is 2.46. The molecule has 0 fully saturated rings. The SMILES string of the molecule is N=c1sc2cc(OC(F)(F)F)cc3c2n1CCCC3. The fraction of sp³-hybridized carbons (Fsp3) is 0.417. The zero-order valence-electron chi connectivity index (χ0n) is 9.88. The van der Waals surface area contributed by atoms with Crippen LogP contribution in [0.1, 0.15) is 18.4 Å². The van der Waals surface area contributed by atoms with Crippen LogP contribution in [0.15, 0.2) is 12.1 Å². The molecule has 1 N–H and O–H groups in total. The molecule has 0 bridgehead atoms. The highest BCUT2D eigenvalue weighted by Gasteiger charge is 2.31. The van der Waals surface area contributed by atoms with Crippen molar-refractivity contribution in [2.24, 2.45) is 0 Å². The second kappa shape index (κ2) is 4.26. The molecule has 1 aliphatic rings. The van der Waals surface area contributed by atoms with Crippen LogP contribution in [0.3, 0.4) is 0 Å². The highest BCUT2D eigenvalue weighted by molar-refractivity contribution is 7.16. The highest BCUT2D eigenvalue weighted by atomic mass is 32.1. The molecule has 0 amide bonds. The minimum atomic E-state index is -4.68. The van der Waals surface area contributed by atoms with E-state index in [-0.39, 0.29) is 5.75 Å². The van der Waals surface area contributed by atoms with Crippen LogP contribution in [-0.4, -0.2) is 10.9 Å². The summed E-state index contributed by atoms with van der Waals surface area (Å²) in [4.78, 5) is 0.377. The summed E-state index contributed by atoms with van der Waals surface area (Å²) >= 11 is 1.19. The van der Waals surface area contributed by atoms with Crippen LogP contribution in [0, 0.1) is 5.41 Å². The third-order valence-electron chi connectivity index (χ3n) is 3.16. The van der Waals surface area contributed by atoms with Crippen LogP contribution in [0.2, 0.25) is 0 Å². The number of hydrogen-bond acceptors (Lipinski definition) is 3. The minimum Gasteiger partial charge on any atom is -0.406 e. The molecule has 3 nitrogen and oxygen atoms in total. The molecule has 7 heteroatoms. The Morgan fingerprint density at radius 3 is 2.79 bits per heavy atom. The molecule has 0 aliphatic carbocycles. The average molecular weight is 288 g/mol.